The van der Waals surface area contributed by atoms with Crippen LogP contribution in [0.15, 0.2) is 52.0 Å². The van der Waals surface area contributed by atoms with Crippen molar-refractivity contribution in [1.29, 1.82) is 0 Å². The van der Waals surface area contributed by atoms with Gasteiger partial charge in [-0.2, -0.15) is 5.10 Å². The van der Waals surface area contributed by atoms with Gasteiger partial charge in [0.15, 0.2) is 5.76 Å². The van der Waals surface area contributed by atoms with Gasteiger partial charge in [0.25, 0.3) is 11.8 Å². The van der Waals surface area contributed by atoms with E-state index in [9.17, 15) is 9.59 Å². The fourth-order valence-electron chi connectivity index (χ4n) is 3.71. The fourth-order valence-corrected chi connectivity index (χ4v) is 3.71. The summed E-state index contributed by atoms with van der Waals surface area (Å²) in [5.41, 5.74) is 6.07. The Kier molecular flexibility index (Phi) is 6.02. The van der Waals surface area contributed by atoms with Crippen molar-refractivity contribution in [2.45, 2.75) is 33.1 Å². The maximum Gasteiger partial charge on any atom is 0.292 e. The Morgan fingerprint density at radius 1 is 1.06 bits per heavy atom. The molecule has 164 valence electrons. The second-order valence-corrected chi connectivity index (χ2v) is 7.55. The van der Waals surface area contributed by atoms with Crippen LogP contribution in [-0.2, 0) is 6.42 Å². The minimum Gasteiger partial charge on any atom is -0.497 e. The highest BCUT2D eigenvalue weighted by Gasteiger charge is 2.28. The number of rotatable bonds is 5. The molecule has 2 heterocycles. The Balaban J connectivity index is 1.54. The molecule has 0 unspecified atom stereocenters. The number of aryl methyl sites for hydroxylation is 2. The summed E-state index contributed by atoms with van der Waals surface area (Å²) in [7, 11) is 1.57. The van der Waals surface area contributed by atoms with Gasteiger partial charge in [-0.3, -0.25) is 9.59 Å². The highest BCUT2D eigenvalue weighted by Crippen LogP contribution is 2.30. The molecule has 0 bridgehead atoms. The molecule has 0 spiro atoms. The molecule has 1 aliphatic rings. The number of carbonyl (C=O) groups is 2. The number of hydrogen-bond donors (Lipinski definition) is 2. The van der Waals surface area contributed by atoms with Crippen molar-refractivity contribution in [2.24, 2.45) is 5.10 Å². The minimum absolute atomic E-state index is 0.231. The van der Waals surface area contributed by atoms with Crippen LogP contribution in [0.4, 0.5) is 5.82 Å². The quantitative estimate of drug-likeness (QED) is 0.592. The highest BCUT2D eigenvalue weighted by molar-refractivity contribution is 6.09. The molecule has 32 heavy (non-hydrogen) atoms. The zero-order valence-corrected chi connectivity index (χ0v) is 18.2. The van der Waals surface area contributed by atoms with Gasteiger partial charge in [-0.1, -0.05) is 6.07 Å². The van der Waals surface area contributed by atoms with Crippen LogP contribution in [0.25, 0.3) is 0 Å². The van der Waals surface area contributed by atoms with Gasteiger partial charge in [0.2, 0.25) is 0 Å². The van der Waals surface area contributed by atoms with E-state index >= 15 is 0 Å². The highest BCUT2D eigenvalue weighted by atomic mass is 16.5. The maximum absolute atomic E-state index is 12.8. The van der Waals surface area contributed by atoms with Crippen molar-refractivity contribution >= 4 is 23.3 Å². The summed E-state index contributed by atoms with van der Waals surface area (Å²) in [6, 6.07) is 12.2. The van der Waals surface area contributed by atoms with E-state index in [1.807, 2.05) is 26.0 Å². The number of fused-ring (bicyclic) bond motifs is 1. The first-order valence-electron chi connectivity index (χ1n) is 10.3. The van der Waals surface area contributed by atoms with Crippen LogP contribution in [0, 0.1) is 13.8 Å². The van der Waals surface area contributed by atoms with Crippen LogP contribution < -0.4 is 15.5 Å². The Bertz CT molecular complexity index is 1200. The van der Waals surface area contributed by atoms with Crippen LogP contribution >= 0.6 is 0 Å². The molecule has 2 aromatic heterocycles. The van der Waals surface area contributed by atoms with E-state index in [1.165, 1.54) is 0 Å². The Morgan fingerprint density at radius 3 is 2.56 bits per heavy atom. The molecule has 8 nitrogen and oxygen atoms in total. The number of carbonyl (C=O) groups excluding carboxylic acids is 2. The van der Waals surface area contributed by atoms with Crippen molar-refractivity contribution < 1.29 is 18.7 Å². The Labute approximate surface area is 185 Å². The number of hydrazone groups is 1. The van der Waals surface area contributed by atoms with Crippen molar-refractivity contribution in [2.75, 3.05) is 12.4 Å². The summed E-state index contributed by atoms with van der Waals surface area (Å²) in [4.78, 5) is 29.6. The van der Waals surface area contributed by atoms with E-state index < -0.39 is 0 Å². The summed E-state index contributed by atoms with van der Waals surface area (Å²) in [6.45, 7) is 3.68. The molecule has 8 heteroatoms. The second-order valence-electron chi connectivity index (χ2n) is 7.55. The van der Waals surface area contributed by atoms with E-state index in [0.29, 0.717) is 47.0 Å². The summed E-state index contributed by atoms with van der Waals surface area (Å²) < 4.78 is 11.0. The molecule has 2 N–H and O–H groups in total. The van der Waals surface area contributed by atoms with E-state index in [0.717, 1.165) is 17.7 Å². The number of furan rings is 1. The van der Waals surface area contributed by atoms with Gasteiger partial charge in [-0.15, -0.1) is 0 Å². The van der Waals surface area contributed by atoms with Crippen LogP contribution in [0.5, 0.6) is 5.75 Å². The molecule has 1 aromatic carbocycles. The largest absolute Gasteiger partial charge is 0.497 e. The third-order valence-corrected chi connectivity index (χ3v) is 5.31. The number of anilines is 1. The molecule has 0 radical (unpaired) electrons. The number of amides is 2. The lowest BCUT2D eigenvalue weighted by Crippen LogP contribution is -2.22. The third-order valence-electron chi connectivity index (χ3n) is 5.31. The SMILES string of the molecule is COc1ccc(C(=O)N/N=C2\CCCc3oc(C(=O)Nc4cccc(C)n4)c(C)c32)cc1. The molecular weight excluding hydrogens is 408 g/mol. The van der Waals surface area contributed by atoms with Gasteiger partial charge in [-0.25, -0.2) is 10.4 Å². The molecule has 2 amide bonds. The molecule has 4 rings (SSSR count). The number of benzene rings is 1. The summed E-state index contributed by atoms with van der Waals surface area (Å²) >= 11 is 0. The van der Waals surface area contributed by atoms with Gasteiger partial charge in [-0.05, 0) is 63.1 Å². The number of hydrogen-bond acceptors (Lipinski definition) is 6. The first-order valence-corrected chi connectivity index (χ1v) is 10.3. The number of nitrogens with zero attached hydrogens (tertiary/aromatic N) is 2. The minimum atomic E-state index is -0.364. The number of aromatic nitrogens is 1. The van der Waals surface area contributed by atoms with Crippen molar-refractivity contribution in [3.8, 4) is 5.75 Å². The van der Waals surface area contributed by atoms with Crippen molar-refractivity contribution in [1.82, 2.24) is 10.4 Å². The zero-order valence-electron chi connectivity index (χ0n) is 18.2. The topological polar surface area (TPSA) is 106 Å². The van der Waals surface area contributed by atoms with Gasteiger partial charge in [0.05, 0.1) is 12.8 Å². The lowest BCUT2D eigenvalue weighted by Gasteiger charge is -2.13. The average Bonchev–Trinajstić information content (AvgIpc) is 3.15. The number of methoxy groups -OCH3 is 1. The first-order chi connectivity index (χ1) is 15.5. The first kappa shape index (κ1) is 21.3. The van der Waals surface area contributed by atoms with Gasteiger partial charge >= 0.3 is 0 Å². The third kappa shape index (κ3) is 4.39. The van der Waals surface area contributed by atoms with E-state index in [2.05, 4.69) is 20.8 Å². The van der Waals surface area contributed by atoms with E-state index in [-0.39, 0.29) is 17.6 Å². The van der Waals surface area contributed by atoms with Gasteiger partial charge in [0.1, 0.15) is 17.3 Å². The summed E-state index contributed by atoms with van der Waals surface area (Å²) in [6.07, 6.45) is 2.20. The Morgan fingerprint density at radius 2 is 1.84 bits per heavy atom. The lowest BCUT2D eigenvalue weighted by atomic mass is 9.93. The van der Waals surface area contributed by atoms with E-state index in [1.54, 1.807) is 37.4 Å². The van der Waals surface area contributed by atoms with E-state index in [4.69, 9.17) is 9.15 Å². The zero-order chi connectivity index (χ0) is 22.7. The fraction of sp³-hybridized carbons (Fsp3) is 0.250. The predicted molar refractivity (Wildman–Crippen MR) is 120 cm³/mol. The molecule has 0 atom stereocenters. The lowest BCUT2D eigenvalue weighted by molar-refractivity contribution is 0.0953. The average molecular weight is 432 g/mol. The van der Waals surface area contributed by atoms with Crippen LogP contribution in [-0.4, -0.2) is 29.6 Å². The molecule has 1 aliphatic carbocycles. The molecule has 0 saturated heterocycles. The monoisotopic (exact) mass is 432 g/mol. The van der Waals surface area contributed by atoms with Crippen LogP contribution in [0.1, 0.15) is 56.3 Å². The van der Waals surface area contributed by atoms with Crippen LogP contribution in [0.3, 0.4) is 0 Å². The number of pyridine rings is 1. The maximum atomic E-state index is 12.8. The van der Waals surface area contributed by atoms with Gasteiger partial charge < -0.3 is 14.5 Å². The predicted octanol–water partition coefficient (Wildman–Crippen LogP) is 4.02. The summed E-state index contributed by atoms with van der Waals surface area (Å²) in [5, 5.41) is 7.14. The van der Waals surface area contributed by atoms with Crippen molar-refractivity contribution in [3.05, 3.63) is 76.4 Å². The molecule has 3 aromatic rings. The molecule has 0 aliphatic heterocycles. The smallest absolute Gasteiger partial charge is 0.292 e. The second kappa shape index (κ2) is 9.05. The van der Waals surface area contributed by atoms with Crippen molar-refractivity contribution in [3.63, 3.8) is 0 Å². The molecule has 0 saturated carbocycles. The van der Waals surface area contributed by atoms with Crippen LogP contribution in [0.2, 0.25) is 0 Å². The molecule has 0 fully saturated rings. The molecular formula is C24H24N4O4. The normalized spacial score (nSPS) is 14.0. The number of ether oxygens (including phenoxy) is 1. The summed E-state index contributed by atoms with van der Waals surface area (Å²) in [5.74, 6) is 1.38. The number of nitrogens with one attached hydrogen (secondary N) is 2. The Hall–Kier alpha value is -3.94. The standard InChI is InChI=1S/C24H24N4O4/c1-14-6-4-9-20(25-14)26-24(30)22-15(2)21-18(7-5-8-19(21)32-22)27-28-23(29)16-10-12-17(31-3)13-11-16/h4,6,9-13H,5,7-8H2,1-3H3,(H,28,29)(H,25,26,30)/b27-18+. The van der Waals surface area contributed by atoms with Gasteiger partial charge in [0, 0.05) is 28.8 Å².